The Balaban J connectivity index is 0.00000392. The van der Waals surface area contributed by atoms with E-state index in [0.29, 0.717) is 18.2 Å². The van der Waals surface area contributed by atoms with Gasteiger partial charge in [0.25, 0.3) is 11.4 Å². The molecule has 0 spiro atoms. The zero-order chi connectivity index (χ0) is 38.1. The third kappa shape index (κ3) is 9.55. The molecule has 4 aromatic rings. The fraction of sp³-hybridized carbons (Fsp3) is 0. The van der Waals surface area contributed by atoms with E-state index in [4.69, 9.17) is 0 Å². The molecule has 26 heteroatoms. The number of hydrogen-bond donors (Lipinski definition) is 4. The minimum Gasteiger partial charge on any atom is -0.744 e. The van der Waals surface area contributed by atoms with Gasteiger partial charge in [0.15, 0.2) is 5.36 Å². The molecule has 22 nitrogen and oxygen atoms in total. The first-order valence-electron chi connectivity index (χ1n) is 13.7. The number of carbonyl (C=O) groups is 1. The maximum atomic E-state index is 13.7. The van der Waals surface area contributed by atoms with E-state index in [-0.39, 0.29) is 76.2 Å². The summed E-state index contributed by atoms with van der Waals surface area (Å²) in [7, 11) is -10.8. The van der Waals surface area contributed by atoms with Crippen molar-refractivity contribution in [1.29, 1.82) is 0 Å². The number of anilines is 3. The maximum Gasteiger partial charge on any atom is 1.00 e. The number of fused-ring (bicyclic) bond motifs is 1. The summed E-state index contributed by atoms with van der Waals surface area (Å²) < 4.78 is 72.4. The number of non-ortho nitro benzene ring substituents is 2. The molecule has 0 radical (unpaired) electrons. The first-order chi connectivity index (χ1) is 24.3. The number of nitro benzene ring substituents is 2. The van der Waals surface area contributed by atoms with Crippen molar-refractivity contribution in [3.63, 3.8) is 0 Å². The number of allylic oxidation sites excluding steroid dienone is 1. The van der Waals surface area contributed by atoms with Crippen LogP contribution < -0.4 is 97.0 Å². The van der Waals surface area contributed by atoms with Crippen molar-refractivity contribution in [2.45, 2.75) is 4.90 Å². The van der Waals surface area contributed by atoms with Crippen molar-refractivity contribution in [1.82, 2.24) is 0 Å². The van der Waals surface area contributed by atoms with Crippen molar-refractivity contribution in [3.05, 3.63) is 134 Å². The summed E-state index contributed by atoms with van der Waals surface area (Å²) >= 11 is 0. The van der Waals surface area contributed by atoms with Gasteiger partial charge in [-0.05, 0) is 54.1 Å². The van der Waals surface area contributed by atoms with E-state index in [1.54, 1.807) is 0 Å². The van der Waals surface area contributed by atoms with E-state index in [2.05, 4.69) is 31.6 Å². The molecule has 1 aliphatic rings. The molecule has 0 amide bonds. The standard InChI is InChI=1S/C28H18N8O14S2.2Na/c37-21-7-5-16(36(43)44)11-19(21)31-33-25-22(38)8-6-18(27(25)39)30-32-20-12-17(51(45,46)47)9-13-10-23(52(48,49)50)26(28(40)24(13)20)34-29-14-1-3-15(4-2-14)35(41)42;;/h1-12,29,31-32,37H,(H,45,46,47)(H,48,49,50);;/q;2*+1/p-2/b30-18+,33-25-,34-26+;;. The molecule has 4 aromatic carbocycles. The Hall–Kier alpha value is -5.02. The molecule has 0 aliphatic heterocycles. The second kappa shape index (κ2) is 17.0. The molecule has 0 atom stereocenters. The molecule has 5 rings (SSSR count). The van der Waals surface area contributed by atoms with Gasteiger partial charge in [0.1, 0.15) is 42.7 Å². The summed E-state index contributed by atoms with van der Waals surface area (Å²) in [6.07, 6.45) is 0.562. The summed E-state index contributed by atoms with van der Waals surface area (Å²) in [5.41, 5.74) is 0.520. The number of aromatic hydroxyl groups is 1. The van der Waals surface area contributed by atoms with E-state index in [1.807, 2.05) is 0 Å². The maximum absolute atomic E-state index is 13.7. The van der Waals surface area contributed by atoms with Crippen LogP contribution in [0.2, 0.25) is 0 Å². The van der Waals surface area contributed by atoms with Crippen LogP contribution in [0.15, 0.2) is 101 Å². The molecule has 0 heterocycles. The van der Waals surface area contributed by atoms with E-state index >= 15 is 0 Å². The molecule has 0 bridgehead atoms. The topological polar surface area (TPSA) is 345 Å². The van der Waals surface area contributed by atoms with Crippen LogP contribution >= 0.6 is 0 Å². The van der Waals surface area contributed by atoms with Gasteiger partial charge in [-0.2, -0.15) is 15.3 Å². The number of carbonyl (C=O) groups excluding carboxylic acids is 1. The van der Waals surface area contributed by atoms with Crippen LogP contribution in [-0.4, -0.2) is 52.4 Å². The quantitative estimate of drug-likeness (QED) is 0.0381. The van der Waals surface area contributed by atoms with Crippen LogP contribution in [0.25, 0.3) is 6.08 Å². The van der Waals surface area contributed by atoms with Gasteiger partial charge in [-0.1, -0.05) is 0 Å². The summed E-state index contributed by atoms with van der Waals surface area (Å²) in [5.74, 6) is -1.87. The second-order valence-electron chi connectivity index (χ2n) is 10.2. The molecule has 0 saturated carbocycles. The number of nitrogens with zero attached hydrogens (tertiary/aromatic N) is 5. The minimum atomic E-state index is -5.52. The van der Waals surface area contributed by atoms with Crippen molar-refractivity contribution in [2.24, 2.45) is 15.3 Å². The van der Waals surface area contributed by atoms with Gasteiger partial charge in [0, 0.05) is 24.3 Å². The Morgan fingerprint density at radius 3 is 1.89 bits per heavy atom. The summed E-state index contributed by atoms with van der Waals surface area (Å²) in [6, 6.07) is 10.1. The minimum absolute atomic E-state index is 0. The van der Waals surface area contributed by atoms with Crippen LogP contribution in [0.4, 0.5) is 28.4 Å². The zero-order valence-corrected chi connectivity index (χ0v) is 32.9. The van der Waals surface area contributed by atoms with Gasteiger partial charge < -0.3 is 14.2 Å². The van der Waals surface area contributed by atoms with Crippen molar-refractivity contribution in [3.8, 4) is 5.75 Å². The number of hydrazone groups is 1. The predicted molar refractivity (Wildman–Crippen MR) is 175 cm³/mol. The first-order valence-corrected chi connectivity index (χ1v) is 16.5. The monoisotopic (exact) mass is 798 g/mol. The number of phenols is 1. The number of nitro groups is 2. The average Bonchev–Trinajstić information content (AvgIpc) is 3.07. The van der Waals surface area contributed by atoms with Crippen LogP contribution in [0.3, 0.4) is 0 Å². The molecule has 0 aromatic heterocycles. The van der Waals surface area contributed by atoms with Gasteiger partial charge in [0.2, 0.25) is 16.6 Å². The van der Waals surface area contributed by atoms with Crippen LogP contribution in [0, 0.1) is 20.2 Å². The first kappa shape index (κ1) is 43.4. The van der Waals surface area contributed by atoms with Crippen LogP contribution in [0.5, 0.6) is 5.75 Å². The number of rotatable bonds is 10. The number of Topliss-reactive ketones (excluding diaryl/α,β-unsaturated/α-hetero) is 1. The Kier molecular flexibility index (Phi) is 13.6. The van der Waals surface area contributed by atoms with Crippen LogP contribution in [-0.2, 0) is 20.2 Å². The Morgan fingerprint density at radius 1 is 0.685 bits per heavy atom. The number of nitrogens with one attached hydrogen (secondary N) is 3. The normalized spacial score (nSPS) is 13.9. The fourth-order valence-electron chi connectivity index (χ4n) is 4.45. The fourth-order valence-corrected chi connectivity index (χ4v) is 5.63. The summed E-state index contributed by atoms with van der Waals surface area (Å²) in [6.45, 7) is 0. The van der Waals surface area contributed by atoms with E-state index in [9.17, 15) is 65.7 Å². The molecule has 54 heavy (non-hydrogen) atoms. The molecule has 4 N–H and O–H groups in total. The molecular weight excluding hydrogens is 782 g/mol. The Labute approximate surface area is 344 Å². The SMILES string of the molecule is O=C1/C(=N/Nc2ccc([N+](=O)[O-])cc2)C(S(=O)(=O)[O-])=Cc2cc(S(=O)(=O)[O-])cc(N/N=c3\ccc(=O)/c(=N/Nc4cc([N+](=O)[O-])ccc4O)c3=O)c21.[Na+].[Na+]. The molecule has 0 fully saturated rings. The summed E-state index contributed by atoms with van der Waals surface area (Å²) in [5, 5.41) is 41.6. The Bertz CT molecular complexity index is 2750. The van der Waals surface area contributed by atoms with Gasteiger partial charge in [-0.3, -0.25) is 50.9 Å². The predicted octanol–water partition coefficient (Wildman–Crippen LogP) is -5.88. The smallest absolute Gasteiger partial charge is 0.744 e. The van der Waals surface area contributed by atoms with Gasteiger partial charge in [-0.25, -0.2) is 16.8 Å². The van der Waals surface area contributed by atoms with Crippen molar-refractivity contribution < 1.29 is 105 Å². The third-order valence-corrected chi connectivity index (χ3v) is 8.55. The van der Waals surface area contributed by atoms with Gasteiger partial charge >= 0.3 is 59.1 Å². The zero-order valence-electron chi connectivity index (χ0n) is 27.2. The van der Waals surface area contributed by atoms with Crippen LogP contribution in [0.1, 0.15) is 15.9 Å². The van der Waals surface area contributed by atoms with Crippen molar-refractivity contribution >= 4 is 66.2 Å². The van der Waals surface area contributed by atoms with Gasteiger partial charge in [-0.15, -0.1) is 0 Å². The number of hydrogen-bond acceptors (Lipinski definition) is 20. The summed E-state index contributed by atoms with van der Waals surface area (Å²) in [4.78, 5) is 57.5. The Morgan fingerprint density at radius 2 is 1.30 bits per heavy atom. The molecule has 0 unspecified atom stereocenters. The second-order valence-corrected chi connectivity index (χ2v) is 13.0. The number of benzene rings is 4. The molecule has 0 saturated heterocycles. The third-order valence-electron chi connectivity index (χ3n) is 6.89. The average molecular weight is 799 g/mol. The molecule has 266 valence electrons. The number of ketones is 1. The van der Waals surface area contributed by atoms with E-state index < -0.39 is 101 Å². The van der Waals surface area contributed by atoms with Gasteiger partial charge in [0.05, 0.1) is 36.6 Å². The largest absolute Gasteiger partial charge is 1.00 e. The van der Waals surface area contributed by atoms with E-state index in [0.717, 1.165) is 54.6 Å². The molecule has 1 aliphatic carbocycles. The van der Waals surface area contributed by atoms with E-state index in [1.165, 1.54) is 0 Å². The molecular formula is C28H16N8Na2O14S2. The van der Waals surface area contributed by atoms with Crippen molar-refractivity contribution in [2.75, 3.05) is 16.3 Å². The number of phenolic OH excluding ortho intramolecular Hbond substituents is 1.